The lowest BCUT2D eigenvalue weighted by molar-refractivity contribution is -0.138. The quantitative estimate of drug-likeness (QED) is 0.737. The van der Waals surface area contributed by atoms with Crippen LogP contribution in [0.4, 0.5) is 0 Å². The Morgan fingerprint density at radius 1 is 1.27 bits per heavy atom. The van der Waals surface area contributed by atoms with Gasteiger partial charge in [0.25, 0.3) is 0 Å². The van der Waals surface area contributed by atoms with Crippen LogP contribution in [0.3, 0.4) is 0 Å². The predicted octanol–water partition coefficient (Wildman–Crippen LogP) is 4.91. The van der Waals surface area contributed by atoms with Crippen molar-refractivity contribution < 1.29 is 14.3 Å². The molecule has 6 heteroatoms. The van der Waals surface area contributed by atoms with Crippen LogP contribution in [0.5, 0.6) is 0 Å². The molecule has 1 aromatic rings. The standard InChI is InChI=1S/C20H21Cl2NO3/c1-3-14-19(20(25)26-4-2)17(12-9-8-11(21)10-13(12)22)18-15(23-14)6-5-7-16(18)24/h8-10,17,23H,3-7H2,1-2H3. The minimum absolute atomic E-state index is 0.0479. The van der Waals surface area contributed by atoms with E-state index >= 15 is 0 Å². The zero-order chi connectivity index (χ0) is 18.8. The van der Waals surface area contributed by atoms with Crippen LogP contribution >= 0.6 is 23.2 Å². The van der Waals surface area contributed by atoms with Gasteiger partial charge in [-0.2, -0.15) is 0 Å². The zero-order valence-corrected chi connectivity index (χ0v) is 16.3. The minimum Gasteiger partial charge on any atom is -0.463 e. The van der Waals surface area contributed by atoms with Gasteiger partial charge in [0.2, 0.25) is 0 Å². The SMILES string of the molecule is CCOC(=O)C1=C(CC)NC2=C(C(=O)CCC2)C1c1ccc(Cl)cc1Cl. The van der Waals surface area contributed by atoms with Gasteiger partial charge in [0.05, 0.1) is 12.2 Å². The maximum absolute atomic E-state index is 12.8. The van der Waals surface area contributed by atoms with Crippen LogP contribution in [0.2, 0.25) is 10.0 Å². The van der Waals surface area contributed by atoms with Crippen molar-refractivity contribution >= 4 is 35.0 Å². The molecular formula is C20H21Cl2NO3. The molecule has 0 spiro atoms. The van der Waals surface area contributed by atoms with Gasteiger partial charge in [0.15, 0.2) is 5.78 Å². The highest BCUT2D eigenvalue weighted by Crippen LogP contribution is 2.45. The van der Waals surface area contributed by atoms with E-state index in [1.165, 1.54) is 0 Å². The normalized spacial score (nSPS) is 20.0. The number of nitrogens with one attached hydrogen (secondary N) is 1. The molecule has 1 aliphatic heterocycles. The first-order chi connectivity index (χ1) is 12.5. The Labute approximate surface area is 163 Å². The molecule has 0 bridgehead atoms. The Hall–Kier alpha value is -1.78. The molecule has 1 aromatic carbocycles. The molecule has 0 fully saturated rings. The number of benzene rings is 1. The summed E-state index contributed by atoms with van der Waals surface area (Å²) < 4.78 is 5.30. The van der Waals surface area contributed by atoms with Crippen molar-refractivity contribution in [3.05, 3.63) is 56.3 Å². The van der Waals surface area contributed by atoms with E-state index in [4.69, 9.17) is 27.9 Å². The summed E-state index contributed by atoms with van der Waals surface area (Å²) in [4.78, 5) is 25.6. The number of Topliss-reactive ketones (excluding diaryl/α,β-unsaturated/α-hetero) is 1. The van der Waals surface area contributed by atoms with Crippen LogP contribution in [-0.4, -0.2) is 18.4 Å². The summed E-state index contributed by atoms with van der Waals surface area (Å²) in [7, 11) is 0. The second kappa shape index (κ2) is 7.85. The number of allylic oxidation sites excluding steroid dienone is 3. The van der Waals surface area contributed by atoms with E-state index in [9.17, 15) is 9.59 Å². The maximum atomic E-state index is 12.8. The van der Waals surface area contributed by atoms with Crippen LogP contribution in [-0.2, 0) is 14.3 Å². The topological polar surface area (TPSA) is 55.4 Å². The van der Waals surface area contributed by atoms with Crippen molar-refractivity contribution in [2.45, 2.75) is 45.4 Å². The van der Waals surface area contributed by atoms with Gasteiger partial charge in [-0.1, -0.05) is 36.2 Å². The molecule has 1 atom stereocenters. The molecule has 1 unspecified atom stereocenters. The van der Waals surface area contributed by atoms with Crippen molar-refractivity contribution in [2.24, 2.45) is 0 Å². The Morgan fingerprint density at radius 2 is 2.04 bits per heavy atom. The molecule has 0 saturated heterocycles. The number of carbonyl (C=O) groups excluding carboxylic acids is 2. The average Bonchev–Trinajstić information content (AvgIpc) is 2.60. The summed E-state index contributed by atoms with van der Waals surface area (Å²) in [6.45, 7) is 4.00. The highest BCUT2D eigenvalue weighted by Gasteiger charge is 2.40. The summed E-state index contributed by atoms with van der Waals surface area (Å²) in [6.07, 6.45) is 2.68. The van der Waals surface area contributed by atoms with E-state index in [0.29, 0.717) is 39.6 Å². The van der Waals surface area contributed by atoms with Gasteiger partial charge in [-0.3, -0.25) is 4.79 Å². The molecule has 0 radical (unpaired) electrons. The fourth-order valence-electron chi connectivity index (χ4n) is 3.67. The third-order valence-corrected chi connectivity index (χ3v) is 5.35. The summed E-state index contributed by atoms with van der Waals surface area (Å²) in [5, 5.41) is 4.27. The van der Waals surface area contributed by atoms with Gasteiger partial charge < -0.3 is 10.1 Å². The minimum atomic E-state index is -0.530. The van der Waals surface area contributed by atoms with Gasteiger partial charge in [-0.05, 0) is 43.9 Å². The molecule has 138 valence electrons. The number of hydrogen-bond donors (Lipinski definition) is 1. The van der Waals surface area contributed by atoms with E-state index in [1.54, 1.807) is 25.1 Å². The monoisotopic (exact) mass is 393 g/mol. The summed E-state index contributed by atoms with van der Waals surface area (Å²) in [6, 6.07) is 5.16. The number of dihydropyridines is 1. The number of carbonyl (C=O) groups is 2. The molecule has 0 saturated carbocycles. The van der Waals surface area contributed by atoms with Gasteiger partial charge in [0, 0.05) is 39.4 Å². The molecule has 26 heavy (non-hydrogen) atoms. The van der Waals surface area contributed by atoms with E-state index in [1.807, 2.05) is 6.92 Å². The first kappa shape index (κ1) is 19.0. The summed E-state index contributed by atoms with van der Waals surface area (Å²) in [5.41, 5.74) is 3.47. The van der Waals surface area contributed by atoms with Crippen molar-refractivity contribution in [2.75, 3.05) is 6.61 Å². The molecule has 1 heterocycles. The van der Waals surface area contributed by atoms with Gasteiger partial charge in [0.1, 0.15) is 0 Å². The molecule has 0 amide bonds. The first-order valence-corrected chi connectivity index (χ1v) is 9.61. The van der Waals surface area contributed by atoms with E-state index in [0.717, 1.165) is 24.2 Å². The number of hydrogen-bond acceptors (Lipinski definition) is 4. The number of esters is 1. The van der Waals surface area contributed by atoms with Crippen molar-refractivity contribution in [3.63, 3.8) is 0 Å². The van der Waals surface area contributed by atoms with E-state index in [-0.39, 0.29) is 12.4 Å². The molecule has 4 nitrogen and oxygen atoms in total. The fraction of sp³-hybridized carbons (Fsp3) is 0.400. The van der Waals surface area contributed by atoms with Crippen LogP contribution in [0.25, 0.3) is 0 Å². The highest BCUT2D eigenvalue weighted by atomic mass is 35.5. The number of halogens is 2. The average molecular weight is 394 g/mol. The zero-order valence-electron chi connectivity index (χ0n) is 14.8. The third-order valence-electron chi connectivity index (χ3n) is 4.78. The number of ketones is 1. The smallest absolute Gasteiger partial charge is 0.336 e. The third kappa shape index (κ3) is 3.40. The van der Waals surface area contributed by atoms with Crippen LogP contribution in [0, 0.1) is 0 Å². The molecule has 3 rings (SSSR count). The molecule has 2 aliphatic rings. The van der Waals surface area contributed by atoms with E-state index in [2.05, 4.69) is 5.32 Å². The second-order valence-corrected chi connectivity index (χ2v) is 7.20. The van der Waals surface area contributed by atoms with E-state index < -0.39 is 11.9 Å². The number of ether oxygens (including phenoxy) is 1. The fourth-order valence-corrected chi connectivity index (χ4v) is 4.19. The second-order valence-electron chi connectivity index (χ2n) is 6.36. The molecule has 1 aliphatic carbocycles. The molecular weight excluding hydrogens is 373 g/mol. The molecule has 0 aromatic heterocycles. The first-order valence-electron chi connectivity index (χ1n) is 8.86. The van der Waals surface area contributed by atoms with Crippen molar-refractivity contribution in [1.82, 2.24) is 5.32 Å². The van der Waals surface area contributed by atoms with Gasteiger partial charge in [-0.25, -0.2) is 4.79 Å². The van der Waals surface area contributed by atoms with Gasteiger partial charge in [-0.15, -0.1) is 0 Å². The molecule has 1 N–H and O–H groups in total. The number of rotatable bonds is 4. The summed E-state index contributed by atoms with van der Waals surface area (Å²) >= 11 is 12.5. The van der Waals surface area contributed by atoms with Crippen molar-refractivity contribution in [1.29, 1.82) is 0 Å². The van der Waals surface area contributed by atoms with Crippen LogP contribution < -0.4 is 5.32 Å². The van der Waals surface area contributed by atoms with Crippen LogP contribution in [0.15, 0.2) is 40.7 Å². The Bertz CT molecular complexity index is 826. The Morgan fingerprint density at radius 3 is 2.69 bits per heavy atom. The summed E-state index contributed by atoms with van der Waals surface area (Å²) in [5.74, 6) is -0.901. The highest BCUT2D eigenvalue weighted by molar-refractivity contribution is 6.35. The lowest BCUT2D eigenvalue weighted by Crippen LogP contribution is -2.35. The largest absolute Gasteiger partial charge is 0.463 e. The lowest BCUT2D eigenvalue weighted by Gasteiger charge is -2.35. The van der Waals surface area contributed by atoms with Crippen LogP contribution in [0.1, 0.15) is 51.0 Å². The maximum Gasteiger partial charge on any atom is 0.336 e. The predicted molar refractivity (Wildman–Crippen MR) is 102 cm³/mol. The van der Waals surface area contributed by atoms with Gasteiger partial charge >= 0.3 is 5.97 Å². The Kier molecular flexibility index (Phi) is 5.73. The van der Waals surface area contributed by atoms with Crippen molar-refractivity contribution in [3.8, 4) is 0 Å². The Balaban J connectivity index is 2.23. The lowest BCUT2D eigenvalue weighted by atomic mass is 9.75.